The summed E-state index contributed by atoms with van der Waals surface area (Å²) >= 11 is 0. The van der Waals surface area contributed by atoms with Gasteiger partial charge in [-0.05, 0) is 55.6 Å². The lowest BCUT2D eigenvalue weighted by Gasteiger charge is -2.11. The van der Waals surface area contributed by atoms with Crippen LogP contribution in [0.25, 0.3) is 11.1 Å². The average molecular weight is 241 g/mol. The van der Waals surface area contributed by atoms with E-state index in [2.05, 4.69) is 32.0 Å². The van der Waals surface area contributed by atoms with Crippen LogP contribution in [0.3, 0.4) is 0 Å². The van der Waals surface area contributed by atoms with Gasteiger partial charge in [0.1, 0.15) is 5.75 Å². The fourth-order valence-electron chi connectivity index (χ4n) is 2.24. The molecule has 0 aliphatic heterocycles. The fraction of sp³-hybridized carbons (Fsp3) is 0.250. The van der Waals surface area contributed by atoms with Crippen LogP contribution < -0.4 is 5.73 Å². The summed E-state index contributed by atoms with van der Waals surface area (Å²) in [6, 6.07) is 12.0. The van der Waals surface area contributed by atoms with Crippen molar-refractivity contribution in [3.05, 3.63) is 53.1 Å². The van der Waals surface area contributed by atoms with E-state index in [1.807, 2.05) is 12.1 Å². The topological polar surface area (TPSA) is 46.2 Å². The van der Waals surface area contributed by atoms with Gasteiger partial charge in [0.2, 0.25) is 0 Å². The minimum absolute atomic E-state index is 0.322. The van der Waals surface area contributed by atoms with Crippen LogP contribution >= 0.6 is 0 Å². The zero-order valence-corrected chi connectivity index (χ0v) is 10.9. The van der Waals surface area contributed by atoms with E-state index in [-0.39, 0.29) is 0 Å². The van der Waals surface area contributed by atoms with Gasteiger partial charge in [0.15, 0.2) is 0 Å². The van der Waals surface area contributed by atoms with Crippen molar-refractivity contribution in [2.24, 2.45) is 5.73 Å². The Morgan fingerprint density at radius 3 is 2.44 bits per heavy atom. The van der Waals surface area contributed by atoms with Crippen molar-refractivity contribution in [1.29, 1.82) is 0 Å². The first-order valence-electron chi connectivity index (χ1n) is 6.21. The van der Waals surface area contributed by atoms with Gasteiger partial charge in [0.25, 0.3) is 0 Å². The maximum atomic E-state index is 10.0. The van der Waals surface area contributed by atoms with Gasteiger partial charge in [0, 0.05) is 5.56 Å². The van der Waals surface area contributed by atoms with Crippen LogP contribution in [-0.2, 0) is 6.42 Å². The molecule has 0 bridgehead atoms. The third-order valence-electron chi connectivity index (χ3n) is 3.17. The predicted molar refractivity (Wildman–Crippen MR) is 75.8 cm³/mol. The third kappa shape index (κ3) is 2.54. The van der Waals surface area contributed by atoms with Crippen molar-refractivity contribution < 1.29 is 5.11 Å². The van der Waals surface area contributed by atoms with Crippen LogP contribution in [0.15, 0.2) is 36.4 Å². The van der Waals surface area contributed by atoms with Gasteiger partial charge in [-0.2, -0.15) is 0 Å². The van der Waals surface area contributed by atoms with Crippen LogP contribution in [0, 0.1) is 13.8 Å². The molecule has 2 rings (SSSR count). The summed E-state index contributed by atoms with van der Waals surface area (Å²) in [5.41, 5.74) is 11.1. The predicted octanol–water partition coefficient (Wildman–Crippen LogP) is 3.18. The average Bonchev–Trinajstić information content (AvgIpc) is 2.33. The molecule has 0 unspecified atom stereocenters. The second-order valence-corrected chi connectivity index (χ2v) is 4.71. The van der Waals surface area contributed by atoms with Crippen LogP contribution in [0.1, 0.15) is 16.7 Å². The second-order valence-electron chi connectivity index (χ2n) is 4.71. The molecule has 0 radical (unpaired) electrons. The van der Waals surface area contributed by atoms with E-state index in [4.69, 9.17) is 5.73 Å². The summed E-state index contributed by atoms with van der Waals surface area (Å²) in [6.45, 7) is 4.76. The van der Waals surface area contributed by atoms with E-state index in [0.29, 0.717) is 12.3 Å². The first kappa shape index (κ1) is 12.7. The third-order valence-corrected chi connectivity index (χ3v) is 3.17. The van der Waals surface area contributed by atoms with Crippen LogP contribution in [0.2, 0.25) is 0 Å². The minimum atomic E-state index is 0.322. The monoisotopic (exact) mass is 241 g/mol. The highest BCUT2D eigenvalue weighted by Crippen LogP contribution is 2.32. The Balaban J connectivity index is 2.51. The molecule has 2 heteroatoms. The molecule has 94 valence electrons. The number of aryl methyl sites for hydroxylation is 2. The Morgan fingerprint density at radius 2 is 1.78 bits per heavy atom. The Morgan fingerprint density at radius 1 is 1.00 bits per heavy atom. The first-order valence-corrected chi connectivity index (χ1v) is 6.21. The largest absolute Gasteiger partial charge is 0.507 e. The molecule has 2 aromatic rings. The highest BCUT2D eigenvalue weighted by atomic mass is 16.3. The van der Waals surface area contributed by atoms with Crippen molar-refractivity contribution in [2.75, 3.05) is 6.54 Å². The number of aromatic hydroxyl groups is 1. The summed E-state index contributed by atoms with van der Waals surface area (Å²) in [6.07, 6.45) is 0.832. The smallest absolute Gasteiger partial charge is 0.123 e. The van der Waals surface area contributed by atoms with E-state index >= 15 is 0 Å². The molecule has 0 aliphatic rings. The number of phenolic OH excluding ortho intramolecular Hbond substituents is 1. The molecule has 2 aromatic carbocycles. The standard InChI is InChI=1S/C16H19NO/c1-11-3-5-14(12(2)9-11)15-10-13(7-8-17)4-6-16(15)18/h3-6,9-10,18H,7-8,17H2,1-2H3. The molecule has 0 aliphatic carbocycles. The highest BCUT2D eigenvalue weighted by molar-refractivity contribution is 5.73. The molecule has 0 saturated heterocycles. The van der Waals surface area contributed by atoms with E-state index in [0.717, 1.165) is 23.1 Å². The highest BCUT2D eigenvalue weighted by Gasteiger charge is 2.08. The Labute approximate surface area is 108 Å². The molecule has 0 amide bonds. The summed E-state index contributed by atoms with van der Waals surface area (Å²) in [7, 11) is 0. The van der Waals surface area contributed by atoms with Gasteiger partial charge < -0.3 is 10.8 Å². The molecule has 0 spiro atoms. The second kappa shape index (κ2) is 5.23. The number of phenols is 1. The lowest BCUT2D eigenvalue weighted by atomic mass is 9.96. The lowest BCUT2D eigenvalue weighted by Crippen LogP contribution is -2.02. The summed E-state index contributed by atoms with van der Waals surface area (Å²) in [5.74, 6) is 0.322. The van der Waals surface area contributed by atoms with E-state index in [9.17, 15) is 5.11 Å². The minimum Gasteiger partial charge on any atom is -0.507 e. The summed E-state index contributed by atoms with van der Waals surface area (Å²) < 4.78 is 0. The lowest BCUT2D eigenvalue weighted by molar-refractivity contribution is 0.477. The zero-order chi connectivity index (χ0) is 13.1. The number of benzene rings is 2. The van der Waals surface area contributed by atoms with Gasteiger partial charge >= 0.3 is 0 Å². The summed E-state index contributed by atoms with van der Waals surface area (Å²) in [4.78, 5) is 0. The van der Waals surface area contributed by atoms with Crippen molar-refractivity contribution in [2.45, 2.75) is 20.3 Å². The van der Waals surface area contributed by atoms with E-state index in [1.54, 1.807) is 6.07 Å². The number of hydrogen-bond acceptors (Lipinski definition) is 2. The van der Waals surface area contributed by atoms with E-state index < -0.39 is 0 Å². The molecule has 0 fully saturated rings. The molecule has 3 N–H and O–H groups in total. The molecule has 0 aromatic heterocycles. The van der Waals surface area contributed by atoms with E-state index in [1.165, 1.54) is 11.1 Å². The molecule has 0 saturated carbocycles. The van der Waals surface area contributed by atoms with Crippen molar-refractivity contribution >= 4 is 0 Å². The molecule has 0 heterocycles. The molecule has 2 nitrogen and oxygen atoms in total. The number of nitrogens with two attached hydrogens (primary N) is 1. The Bertz CT molecular complexity index is 561. The summed E-state index contributed by atoms with van der Waals surface area (Å²) in [5, 5.41) is 10.0. The van der Waals surface area contributed by atoms with Crippen molar-refractivity contribution in [1.82, 2.24) is 0 Å². The van der Waals surface area contributed by atoms with Crippen LogP contribution in [0.5, 0.6) is 5.75 Å². The van der Waals surface area contributed by atoms with Crippen LogP contribution in [0.4, 0.5) is 0 Å². The van der Waals surface area contributed by atoms with Gasteiger partial charge in [0.05, 0.1) is 0 Å². The molecule has 18 heavy (non-hydrogen) atoms. The Hall–Kier alpha value is -1.80. The van der Waals surface area contributed by atoms with Crippen LogP contribution in [-0.4, -0.2) is 11.7 Å². The maximum absolute atomic E-state index is 10.0. The van der Waals surface area contributed by atoms with Crippen molar-refractivity contribution in [3.8, 4) is 16.9 Å². The molecular weight excluding hydrogens is 222 g/mol. The molecule has 0 atom stereocenters. The number of rotatable bonds is 3. The van der Waals surface area contributed by atoms with Gasteiger partial charge in [-0.15, -0.1) is 0 Å². The molecular formula is C16H19NO. The maximum Gasteiger partial charge on any atom is 0.123 e. The fourth-order valence-corrected chi connectivity index (χ4v) is 2.24. The first-order chi connectivity index (χ1) is 8.61. The quantitative estimate of drug-likeness (QED) is 0.867. The SMILES string of the molecule is Cc1ccc(-c2cc(CCN)ccc2O)c(C)c1. The van der Waals surface area contributed by atoms with Gasteiger partial charge in [-0.25, -0.2) is 0 Å². The number of hydrogen-bond donors (Lipinski definition) is 2. The normalized spacial score (nSPS) is 10.6. The van der Waals surface area contributed by atoms with Crippen molar-refractivity contribution in [3.63, 3.8) is 0 Å². The Kier molecular flexibility index (Phi) is 3.68. The van der Waals surface area contributed by atoms with Gasteiger partial charge in [-0.3, -0.25) is 0 Å². The van der Waals surface area contributed by atoms with Gasteiger partial charge in [-0.1, -0.05) is 29.8 Å². The zero-order valence-electron chi connectivity index (χ0n) is 10.9.